The van der Waals surface area contributed by atoms with E-state index in [0.29, 0.717) is 36.2 Å². The summed E-state index contributed by atoms with van der Waals surface area (Å²) in [5.74, 6) is -0.443. The van der Waals surface area contributed by atoms with Crippen molar-refractivity contribution in [3.05, 3.63) is 69.0 Å². The van der Waals surface area contributed by atoms with Crippen LogP contribution in [0.3, 0.4) is 0 Å². The van der Waals surface area contributed by atoms with Crippen molar-refractivity contribution in [3.63, 3.8) is 0 Å². The number of hydrogen-bond acceptors (Lipinski definition) is 5. The van der Waals surface area contributed by atoms with Crippen molar-refractivity contribution in [1.29, 1.82) is 0 Å². The Morgan fingerprint density at radius 1 is 1.17 bits per heavy atom. The lowest BCUT2D eigenvalue weighted by Crippen LogP contribution is -2.41. The third kappa shape index (κ3) is 2.88. The number of halogens is 1. The second-order valence-corrected chi connectivity index (χ2v) is 7.87. The van der Waals surface area contributed by atoms with E-state index in [9.17, 15) is 23.9 Å². The van der Waals surface area contributed by atoms with Gasteiger partial charge in [-0.2, -0.15) is 4.74 Å². The molecule has 1 fully saturated rings. The summed E-state index contributed by atoms with van der Waals surface area (Å²) in [5, 5.41) is 10.4. The molecule has 0 radical (unpaired) electrons. The van der Waals surface area contributed by atoms with Crippen molar-refractivity contribution >= 4 is 11.8 Å². The molecule has 1 atom stereocenters. The summed E-state index contributed by atoms with van der Waals surface area (Å²) in [6.45, 7) is 0.0268. The van der Waals surface area contributed by atoms with Crippen LogP contribution in [-0.4, -0.2) is 50.6 Å². The highest BCUT2D eigenvalue weighted by Gasteiger charge is 2.40. The van der Waals surface area contributed by atoms with Crippen molar-refractivity contribution in [2.24, 2.45) is 0 Å². The maximum Gasteiger partial charge on any atom is 0.295 e. The topological polar surface area (TPSA) is 96.0 Å². The van der Waals surface area contributed by atoms with E-state index in [1.807, 2.05) is 0 Å². The molecule has 2 amide bonds. The maximum absolute atomic E-state index is 13.6. The minimum atomic E-state index is -1.20. The summed E-state index contributed by atoms with van der Waals surface area (Å²) < 4.78 is 20.1. The molecule has 0 saturated heterocycles. The van der Waals surface area contributed by atoms with Crippen LogP contribution >= 0.6 is 0 Å². The van der Waals surface area contributed by atoms with Crippen molar-refractivity contribution < 1.29 is 23.6 Å². The summed E-state index contributed by atoms with van der Waals surface area (Å²) in [4.78, 5) is 40.8. The van der Waals surface area contributed by atoms with E-state index < -0.39 is 17.7 Å². The van der Waals surface area contributed by atoms with E-state index in [1.165, 1.54) is 0 Å². The van der Waals surface area contributed by atoms with E-state index in [4.69, 9.17) is 4.52 Å². The van der Waals surface area contributed by atoms with Crippen molar-refractivity contribution in [1.82, 2.24) is 14.5 Å². The Bertz CT molecular complexity index is 1130. The van der Waals surface area contributed by atoms with Gasteiger partial charge in [-0.3, -0.25) is 14.4 Å². The van der Waals surface area contributed by atoms with Gasteiger partial charge >= 0.3 is 0 Å². The van der Waals surface area contributed by atoms with Crippen LogP contribution in [-0.2, 0) is 13.0 Å². The summed E-state index contributed by atoms with van der Waals surface area (Å²) in [7, 11) is 0. The van der Waals surface area contributed by atoms with Crippen molar-refractivity contribution in [2.45, 2.75) is 38.1 Å². The second-order valence-electron chi connectivity index (χ2n) is 7.87. The summed E-state index contributed by atoms with van der Waals surface area (Å²) in [6, 6.07) is 6.83. The van der Waals surface area contributed by atoms with Crippen LogP contribution in [0.25, 0.3) is 0 Å². The van der Waals surface area contributed by atoms with Gasteiger partial charge in [-0.05, 0) is 18.9 Å². The number of carbonyl (C=O) groups excluding carboxylic acids is 2. The van der Waals surface area contributed by atoms with Gasteiger partial charge in [0, 0.05) is 42.3 Å². The van der Waals surface area contributed by atoms with E-state index in [2.05, 4.69) is 0 Å². The number of benzene rings is 1. The molecule has 9 heteroatoms. The average molecular weight is 413 g/mol. The van der Waals surface area contributed by atoms with E-state index in [1.54, 1.807) is 29.2 Å². The highest BCUT2D eigenvalue weighted by atomic mass is 19.1. The lowest BCUT2D eigenvalue weighted by atomic mass is 10.1. The zero-order valence-corrected chi connectivity index (χ0v) is 16.1. The minimum Gasteiger partial charge on any atom is -0.380 e. The smallest absolute Gasteiger partial charge is 0.295 e. The predicted molar refractivity (Wildman–Crippen MR) is 102 cm³/mol. The number of aromatic nitrogens is 1. The molecule has 8 nitrogen and oxygen atoms in total. The SMILES string of the molecule is O=C1c2c(on(C/C(=C/F)CN3C(=O)c4ccccc4C3O)c2=O)CCN1C1CC1. The highest BCUT2D eigenvalue weighted by molar-refractivity contribution is 5.99. The number of nitrogens with zero attached hydrogens (tertiary/aromatic N) is 3. The molecule has 0 bridgehead atoms. The Labute approximate surface area is 170 Å². The van der Waals surface area contributed by atoms with Gasteiger partial charge in [-0.15, -0.1) is 0 Å². The first-order valence-electron chi connectivity index (χ1n) is 9.89. The third-order valence-electron chi connectivity index (χ3n) is 5.88. The molecule has 1 saturated carbocycles. The third-order valence-corrected chi connectivity index (χ3v) is 5.88. The Morgan fingerprint density at radius 3 is 2.63 bits per heavy atom. The number of carbonyl (C=O) groups is 2. The molecular formula is C21H20FN3O5. The molecule has 3 aliphatic rings. The lowest BCUT2D eigenvalue weighted by molar-refractivity contribution is 0.0210. The number of aliphatic hydroxyl groups excluding tert-OH is 1. The van der Waals surface area contributed by atoms with Gasteiger partial charge in [0.15, 0.2) is 12.0 Å². The molecule has 3 heterocycles. The molecule has 156 valence electrons. The van der Waals surface area contributed by atoms with Crippen LogP contribution in [0.4, 0.5) is 4.39 Å². The summed E-state index contributed by atoms with van der Waals surface area (Å²) in [5.41, 5.74) is 0.291. The fourth-order valence-electron chi connectivity index (χ4n) is 4.18. The van der Waals surface area contributed by atoms with Crippen LogP contribution in [0, 0.1) is 0 Å². The van der Waals surface area contributed by atoms with Gasteiger partial charge < -0.3 is 19.4 Å². The standard InChI is InChI=1S/C21H20FN3O5/c22-9-12(10-24-18(26)14-3-1-2-4-15(14)19(24)27)11-25-21(29)17-16(30-25)7-8-23(20(17)28)13-5-6-13/h1-4,9,13,18,26H,5-8,10-11H2/b12-9+. The fraction of sp³-hybridized carbons (Fsp3) is 0.381. The fourth-order valence-corrected chi connectivity index (χ4v) is 4.18. The highest BCUT2D eigenvalue weighted by Crippen LogP contribution is 2.33. The molecule has 5 rings (SSSR count). The number of amides is 2. The van der Waals surface area contributed by atoms with E-state index >= 15 is 0 Å². The number of fused-ring (bicyclic) bond motifs is 2. The summed E-state index contributed by atoms with van der Waals surface area (Å²) in [6.07, 6.45) is 1.42. The molecule has 1 N–H and O–H groups in total. The van der Waals surface area contributed by atoms with Gasteiger partial charge in [0.25, 0.3) is 17.4 Å². The Hall–Kier alpha value is -3.20. The van der Waals surface area contributed by atoms with Gasteiger partial charge in [0.05, 0.1) is 12.9 Å². The van der Waals surface area contributed by atoms with E-state index in [0.717, 1.165) is 22.5 Å². The Morgan fingerprint density at radius 2 is 1.93 bits per heavy atom. The Kier molecular flexibility index (Phi) is 4.35. The Balaban J connectivity index is 1.36. The normalized spacial score (nSPS) is 21.3. The van der Waals surface area contributed by atoms with Gasteiger partial charge in [-0.1, -0.05) is 18.2 Å². The van der Waals surface area contributed by atoms with Crippen LogP contribution in [0.2, 0.25) is 0 Å². The second kappa shape index (κ2) is 6.94. The molecular weight excluding hydrogens is 393 g/mol. The molecule has 0 spiro atoms. The monoisotopic (exact) mass is 413 g/mol. The molecule has 1 aromatic heterocycles. The summed E-state index contributed by atoms with van der Waals surface area (Å²) >= 11 is 0. The number of hydrogen-bond donors (Lipinski definition) is 1. The van der Waals surface area contributed by atoms with Crippen molar-refractivity contribution in [2.75, 3.05) is 13.1 Å². The molecule has 2 aliphatic heterocycles. The van der Waals surface area contributed by atoms with Crippen LogP contribution in [0.1, 0.15) is 51.1 Å². The van der Waals surface area contributed by atoms with Gasteiger partial charge in [0.2, 0.25) is 0 Å². The van der Waals surface area contributed by atoms with Crippen LogP contribution in [0.15, 0.2) is 45.5 Å². The zero-order chi connectivity index (χ0) is 21.0. The van der Waals surface area contributed by atoms with Crippen LogP contribution in [0.5, 0.6) is 0 Å². The first-order valence-corrected chi connectivity index (χ1v) is 9.89. The first kappa shape index (κ1) is 18.8. The minimum absolute atomic E-state index is 0.0102. The largest absolute Gasteiger partial charge is 0.380 e. The van der Waals surface area contributed by atoms with Crippen molar-refractivity contribution in [3.8, 4) is 0 Å². The number of aliphatic hydroxyl groups is 1. The first-order chi connectivity index (χ1) is 14.5. The molecule has 2 aromatic rings. The quantitative estimate of drug-likeness (QED) is 0.803. The van der Waals surface area contributed by atoms with Crippen LogP contribution < -0.4 is 5.56 Å². The maximum atomic E-state index is 13.6. The molecule has 1 aliphatic carbocycles. The molecule has 1 unspecified atom stereocenters. The van der Waals surface area contributed by atoms with E-state index in [-0.39, 0.29) is 36.2 Å². The predicted octanol–water partition coefficient (Wildman–Crippen LogP) is 1.60. The van der Waals surface area contributed by atoms with Gasteiger partial charge in [0.1, 0.15) is 5.56 Å². The average Bonchev–Trinajstić information content (AvgIpc) is 3.50. The van der Waals surface area contributed by atoms with Gasteiger partial charge in [-0.25, -0.2) is 4.39 Å². The molecule has 1 aromatic carbocycles. The molecule has 30 heavy (non-hydrogen) atoms. The zero-order valence-electron chi connectivity index (χ0n) is 16.1. The number of rotatable bonds is 5. The lowest BCUT2D eigenvalue weighted by Gasteiger charge is -2.24.